The normalized spacial score (nSPS) is 18.9. The third kappa shape index (κ3) is 4.02. The fourth-order valence-corrected chi connectivity index (χ4v) is 4.05. The first-order chi connectivity index (χ1) is 13.7. The summed E-state index contributed by atoms with van der Waals surface area (Å²) in [6, 6.07) is 20.7. The Morgan fingerprint density at radius 3 is 2.61 bits per heavy atom. The van der Waals surface area contributed by atoms with Gasteiger partial charge < -0.3 is 20.5 Å². The van der Waals surface area contributed by atoms with Crippen molar-refractivity contribution < 1.29 is 0 Å². The van der Waals surface area contributed by atoms with Crippen LogP contribution in [0.5, 0.6) is 0 Å². The molecule has 0 bridgehead atoms. The van der Waals surface area contributed by atoms with Gasteiger partial charge in [-0.05, 0) is 62.0 Å². The fraction of sp³-hybridized carbons (Fsp3) is 0.273. The molecule has 0 amide bonds. The van der Waals surface area contributed by atoms with Crippen LogP contribution < -0.4 is 10.6 Å². The number of thiocarbonyl (C=S) groups is 1. The summed E-state index contributed by atoms with van der Waals surface area (Å²) in [5.41, 5.74) is 4.47. The van der Waals surface area contributed by atoms with Gasteiger partial charge in [0.25, 0.3) is 0 Å². The van der Waals surface area contributed by atoms with E-state index in [2.05, 4.69) is 62.8 Å². The molecule has 144 valence electrons. The minimum Gasteiger partial charge on any atom is -0.385 e. The number of benzene rings is 1. The summed E-state index contributed by atoms with van der Waals surface area (Å²) >= 11 is 5.70. The maximum absolute atomic E-state index is 5.70. The van der Waals surface area contributed by atoms with Crippen molar-refractivity contribution in [3.8, 4) is 0 Å². The molecule has 3 N–H and O–H groups in total. The van der Waals surface area contributed by atoms with Crippen molar-refractivity contribution in [2.24, 2.45) is 0 Å². The predicted molar refractivity (Wildman–Crippen MR) is 117 cm³/mol. The predicted octanol–water partition coefficient (Wildman–Crippen LogP) is 4.19. The minimum absolute atomic E-state index is 0.0360. The Balaban J connectivity index is 1.48. The monoisotopic (exact) mass is 391 g/mol. The largest absolute Gasteiger partial charge is 0.385 e. The summed E-state index contributed by atoms with van der Waals surface area (Å²) < 4.78 is 0. The molecule has 5 nitrogen and oxygen atoms in total. The van der Waals surface area contributed by atoms with Crippen LogP contribution in [0.15, 0.2) is 66.9 Å². The van der Waals surface area contributed by atoms with Crippen LogP contribution in [0, 0.1) is 6.92 Å². The first-order valence-electron chi connectivity index (χ1n) is 9.65. The lowest BCUT2D eigenvalue weighted by Crippen LogP contribution is -2.31. The van der Waals surface area contributed by atoms with E-state index in [4.69, 9.17) is 12.2 Å². The number of pyridine rings is 1. The summed E-state index contributed by atoms with van der Waals surface area (Å²) in [5.74, 6) is 0. The molecule has 0 aliphatic carbocycles. The van der Waals surface area contributed by atoms with Gasteiger partial charge in [0.05, 0.1) is 17.8 Å². The summed E-state index contributed by atoms with van der Waals surface area (Å²) in [7, 11) is 0. The Labute approximate surface area is 171 Å². The molecule has 1 saturated heterocycles. The number of hydrogen-bond donors (Lipinski definition) is 3. The molecular weight excluding hydrogens is 366 g/mol. The van der Waals surface area contributed by atoms with Crippen molar-refractivity contribution >= 4 is 23.0 Å². The standard InChI is InChI=1S/C22H25N5S/c1-16-11-12-19(25-16)21-20(18-10-5-6-13-24-18)26-22(28)27(21)15-7-14-23-17-8-3-2-4-9-17/h2-6,8-13,20-21,23,25H,7,14-15H2,1H3,(H,26,28). The topological polar surface area (TPSA) is 56.0 Å². The zero-order chi connectivity index (χ0) is 19.3. The zero-order valence-electron chi connectivity index (χ0n) is 15.9. The second-order valence-electron chi connectivity index (χ2n) is 7.06. The Hall–Kier alpha value is -2.86. The quantitative estimate of drug-likeness (QED) is 0.416. The molecule has 0 radical (unpaired) electrons. The molecule has 2 atom stereocenters. The van der Waals surface area contributed by atoms with Crippen molar-refractivity contribution in [1.29, 1.82) is 0 Å². The van der Waals surface area contributed by atoms with Gasteiger partial charge in [-0.3, -0.25) is 4.98 Å². The van der Waals surface area contributed by atoms with Crippen LogP contribution in [-0.4, -0.2) is 33.1 Å². The van der Waals surface area contributed by atoms with Crippen molar-refractivity contribution in [2.75, 3.05) is 18.4 Å². The highest BCUT2D eigenvalue weighted by Crippen LogP contribution is 2.38. The molecule has 2 aromatic heterocycles. The Kier molecular flexibility index (Phi) is 5.58. The lowest BCUT2D eigenvalue weighted by Gasteiger charge is -2.27. The van der Waals surface area contributed by atoms with Gasteiger partial charge in [-0.2, -0.15) is 0 Å². The highest BCUT2D eigenvalue weighted by atomic mass is 32.1. The van der Waals surface area contributed by atoms with Crippen LogP contribution in [0.1, 0.15) is 35.6 Å². The molecule has 28 heavy (non-hydrogen) atoms. The van der Waals surface area contributed by atoms with Crippen molar-refractivity contribution in [3.63, 3.8) is 0 Å². The van der Waals surface area contributed by atoms with Crippen LogP contribution in [0.3, 0.4) is 0 Å². The Bertz CT molecular complexity index is 909. The number of rotatable bonds is 7. The molecule has 1 fully saturated rings. The second kappa shape index (κ2) is 8.44. The van der Waals surface area contributed by atoms with Crippen LogP contribution >= 0.6 is 12.2 Å². The van der Waals surface area contributed by atoms with Gasteiger partial charge in [0.15, 0.2) is 5.11 Å². The van der Waals surface area contributed by atoms with E-state index in [9.17, 15) is 0 Å². The number of nitrogens with one attached hydrogen (secondary N) is 3. The lowest BCUT2D eigenvalue weighted by molar-refractivity contribution is 0.311. The maximum atomic E-state index is 5.70. The SMILES string of the molecule is Cc1ccc(C2C(c3ccccn3)NC(=S)N2CCCNc2ccccc2)[nH]1. The second-order valence-corrected chi connectivity index (χ2v) is 7.45. The highest BCUT2D eigenvalue weighted by Gasteiger charge is 2.40. The molecular formula is C22H25N5S. The third-order valence-electron chi connectivity index (χ3n) is 5.05. The molecule has 3 aromatic rings. The first kappa shape index (κ1) is 18.5. The van der Waals surface area contributed by atoms with Crippen LogP contribution in [0.4, 0.5) is 5.69 Å². The number of aromatic amines is 1. The van der Waals surface area contributed by atoms with Crippen molar-refractivity contribution in [1.82, 2.24) is 20.2 Å². The molecule has 1 aliphatic heterocycles. The van der Waals surface area contributed by atoms with E-state index < -0.39 is 0 Å². The van der Waals surface area contributed by atoms with E-state index in [1.807, 2.05) is 36.5 Å². The number of aryl methyl sites for hydroxylation is 1. The zero-order valence-corrected chi connectivity index (χ0v) is 16.7. The van der Waals surface area contributed by atoms with Crippen molar-refractivity contribution in [2.45, 2.75) is 25.4 Å². The van der Waals surface area contributed by atoms with Crippen molar-refractivity contribution in [3.05, 3.63) is 83.9 Å². The molecule has 3 heterocycles. The molecule has 1 aliphatic rings. The number of anilines is 1. The molecule has 4 rings (SSSR count). The highest BCUT2D eigenvalue weighted by molar-refractivity contribution is 7.80. The van der Waals surface area contributed by atoms with E-state index >= 15 is 0 Å². The first-order valence-corrected chi connectivity index (χ1v) is 10.1. The smallest absolute Gasteiger partial charge is 0.170 e. The number of para-hydroxylation sites is 1. The Morgan fingerprint density at radius 2 is 1.89 bits per heavy atom. The molecule has 1 aromatic carbocycles. The lowest BCUT2D eigenvalue weighted by atomic mass is 10.0. The molecule has 6 heteroatoms. The molecule has 2 unspecified atom stereocenters. The van der Waals surface area contributed by atoms with Crippen LogP contribution in [-0.2, 0) is 0 Å². The van der Waals surface area contributed by atoms with Gasteiger partial charge in [-0.1, -0.05) is 24.3 Å². The molecule has 0 saturated carbocycles. The van der Waals surface area contributed by atoms with E-state index in [0.717, 1.165) is 47.4 Å². The van der Waals surface area contributed by atoms with Gasteiger partial charge in [0.1, 0.15) is 0 Å². The fourth-order valence-electron chi connectivity index (χ4n) is 3.72. The average molecular weight is 392 g/mol. The van der Waals surface area contributed by atoms with E-state index in [0.29, 0.717) is 0 Å². The minimum atomic E-state index is 0.0360. The van der Waals surface area contributed by atoms with E-state index in [-0.39, 0.29) is 12.1 Å². The van der Waals surface area contributed by atoms with Crippen LogP contribution in [0.2, 0.25) is 0 Å². The van der Waals surface area contributed by atoms with E-state index in [1.165, 1.54) is 0 Å². The van der Waals surface area contributed by atoms with Crippen LogP contribution in [0.25, 0.3) is 0 Å². The summed E-state index contributed by atoms with van der Waals surface area (Å²) in [5, 5.41) is 7.75. The number of H-pyrrole nitrogens is 1. The van der Waals surface area contributed by atoms with Gasteiger partial charge >= 0.3 is 0 Å². The summed E-state index contributed by atoms with van der Waals surface area (Å²) in [4.78, 5) is 10.4. The molecule has 0 spiro atoms. The number of hydrogen-bond acceptors (Lipinski definition) is 3. The summed E-state index contributed by atoms with van der Waals surface area (Å²) in [6.45, 7) is 3.85. The maximum Gasteiger partial charge on any atom is 0.170 e. The average Bonchev–Trinajstić information content (AvgIpc) is 3.29. The van der Waals surface area contributed by atoms with Gasteiger partial charge in [-0.15, -0.1) is 0 Å². The van der Waals surface area contributed by atoms with E-state index in [1.54, 1.807) is 0 Å². The third-order valence-corrected chi connectivity index (χ3v) is 5.40. The number of aromatic nitrogens is 2. The van der Waals surface area contributed by atoms with Gasteiger partial charge in [0.2, 0.25) is 0 Å². The summed E-state index contributed by atoms with van der Waals surface area (Å²) in [6.07, 6.45) is 2.82. The Morgan fingerprint density at radius 1 is 1.07 bits per heavy atom. The van der Waals surface area contributed by atoms with Gasteiger partial charge in [0, 0.05) is 36.4 Å². The number of nitrogens with zero attached hydrogens (tertiary/aromatic N) is 2. The van der Waals surface area contributed by atoms with Gasteiger partial charge in [-0.25, -0.2) is 0 Å².